The summed E-state index contributed by atoms with van der Waals surface area (Å²) in [4.78, 5) is 11.4. The maximum absolute atomic E-state index is 11.4. The highest BCUT2D eigenvalue weighted by molar-refractivity contribution is 5.96. The summed E-state index contributed by atoms with van der Waals surface area (Å²) < 4.78 is 5.26. The first-order chi connectivity index (χ1) is 10.1. The van der Waals surface area contributed by atoms with Gasteiger partial charge in [0.2, 0.25) is 0 Å². The van der Waals surface area contributed by atoms with E-state index in [-0.39, 0.29) is 0 Å². The van der Waals surface area contributed by atoms with Gasteiger partial charge in [-0.25, -0.2) is 0 Å². The van der Waals surface area contributed by atoms with E-state index in [1.807, 2.05) is 25.1 Å². The van der Waals surface area contributed by atoms with Crippen LogP contribution in [0.3, 0.4) is 0 Å². The molecule has 21 heavy (non-hydrogen) atoms. The van der Waals surface area contributed by atoms with Crippen molar-refractivity contribution in [2.45, 2.75) is 6.92 Å². The van der Waals surface area contributed by atoms with Crippen LogP contribution in [-0.2, 0) is 0 Å². The number of nitrogens with two attached hydrogens (primary N) is 1. The number of aromatic amines is 1. The average molecular weight is 281 g/mol. The van der Waals surface area contributed by atoms with Crippen molar-refractivity contribution in [2.24, 2.45) is 5.73 Å². The third-order valence-electron chi connectivity index (χ3n) is 3.56. The second kappa shape index (κ2) is 4.94. The molecule has 3 N–H and O–H groups in total. The molecule has 0 unspecified atom stereocenters. The minimum absolute atomic E-state index is 0.378. The van der Waals surface area contributed by atoms with E-state index >= 15 is 0 Å². The molecule has 5 heteroatoms. The first-order valence-electron chi connectivity index (χ1n) is 6.52. The predicted octanol–water partition coefficient (Wildman–Crippen LogP) is 2.65. The van der Waals surface area contributed by atoms with Crippen LogP contribution >= 0.6 is 0 Å². The van der Waals surface area contributed by atoms with Gasteiger partial charge in [0.05, 0.1) is 24.4 Å². The van der Waals surface area contributed by atoms with E-state index in [1.54, 1.807) is 12.3 Å². The smallest absolute Gasteiger partial charge is 0.252 e. The number of aromatic nitrogens is 2. The summed E-state index contributed by atoms with van der Waals surface area (Å²) in [5.41, 5.74) is 9.86. The molecule has 0 bridgehead atoms. The number of benzene rings is 2. The van der Waals surface area contributed by atoms with Crippen LogP contribution < -0.4 is 10.5 Å². The van der Waals surface area contributed by atoms with Gasteiger partial charge in [-0.3, -0.25) is 9.89 Å². The number of nitrogens with zero attached hydrogens (tertiary/aromatic N) is 1. The van der Waals surface area contributed by atoms with Crippen LogP contribution in [0.5, 0.6) is 5.75 Å². The Hall–Kier alpha value is -2.82. The number of ether oxygens (including phenoxy) is 1. The van der Waals surface area contributed by atoms with Crippen molar-refractivity contribution < 1.29 is 9.53 Å². The molecule has 0 spiro atoms. The molecular formula is C16H15N3O2. The van der Waals surface area contributed by atoms with E-state index in [4.69, 9.17) is 10.5 Å². The van der Waals surface area contributed by atoms with E-state index in [1.165, 1.54) is 7.11 Å². The fourth-order valence-electron chi connectivity index (χ4n) is 2.47. The van der Waals surface area contributed by atoms with Gasteiger partial charge in [0.1, 0.15) is 5.75 Å². The maximum Gasteiger partial charge on any atom is 0.252 e. The van der Waals surface area contributed by atoms with E-state index < -0.39 is 5.91 Å². The Labute approximate surface area is 121 Å². The van der Waals surface area contributed by atoms with Crippen molar-refractivity contribution in [2.75, 3.05) is 7.11 Å². The van der Waals surface area contributed by atoms with Gasteiger partial charge < -0.3 is 10.5 Å². The van der Waals surface area contributed by atoms with Crippen LogP contribution in [0.4, 0.5) is 0 Å². The third kappa shape index (κ3) is 2.23. The Balaban J connectivity index is 2.17. The Kier molecular flexibility index (Phi) is 3.10. The van der Waals surface area contributed by atoms with Crippen molar-refractivity contribution in [3.05, 3.63) is 47.7 Å². The van der Waals surface area contributed by atoms with Gasteiger partial charge in [0, 0.05) is 5.39 Å². The topological polar surface area (TPSA) is 81.0 Å². The molecule has 0 aliphatic carbocycles. The number of rotatable bonds is 3. The predicted molar refractivity (Wildman–Crippen MR) is 81.3 cm³/mol. The highest BCUT2D eigenvalue weighted by Gasteiger charge is 2.12. The number of fused-ring (bicyclic) bond motifs is 1. The molecule has 1 heterocycles. The van der Waals surface area contributed by atoms with Crippen LogP contribution in [-0.4, -0.2) is 23.2 Å². The zero-order chi connectivity index (χ0) is 15.0. The van der Waals surface area contributed by atoms with E-state index in [2.05, 4.69) is 16.3 Å². The van der Waals surface area contributed by atoms with E-state index in [0.717, 1.165) is 27.6 Å². The van der Waals surface area contributed by atoms with Crippen molar-refractivity contribution in [3.8, 4) is 16.9 Å². The molecule has 0 atom stereocenters. The number of H-pyrrole nitrogens is 1. The Morgan fingerprint density at radius 2 is 2.10 bits per heavy atom. The summed E-state index contributed by atoms with van der Waals surface area (Å²) >= 11 is 0. The summed E-state index contributed by atoms with van der Waals surface area (Å²) in [5.74, 6) is -0.0212. The number of hydrogen-bond acceptors (Lipinski definition) is 3. The molecule has 0 saturated carbocycles. The lowest BCUT2D eigenvalue weighted by molar-refractivity contribution is 0.0997. The second-order valence-electron chi connectivity index (χ2n) is 4.90. The first kappa shape index (κ1) is 13.2. The Bertz CT molecular complexity index is 837. The molecule has 2 aromatic carbocycles. The molecule has 3 aromatic rings. The fourth-order valence-corrected chi connectivity index (χ4v) is 2.47. The molecule has 1 amide bonds. The van der Waals surface area contributed by atoms with Crippen LogP contribution in [0.15, 0.2) is 36.5 Å². The molecule has 0 fully saturated rings. The number of amides is 1. The van der Waals surface area contributed by atoms with Gasteiger partial charge in [-0.15, -0.1) is 0 Å². The summed E-state index contributed by atoms with van der Waals surface area (Å²) in [7, 11) is 1.53. The summed E-state index contributed by atoms with van der Waals surface area (Å²) in [6.45, 7) is 2.03. The van der Waals surface area contributed by atoms with E-state index in [9.17, 15) is 4.79 Å². The number of methoxy groups -OCH3 is 1. The van der Waals surface area contributed by atoms with Crippen molar-refractivity contribution in [1.29, 1.82) is 0 Å². The van der Waals surface area contributed by atoms with E-state index in [0.29, 0.717) is 11.3 Å². The Morgan fingerprint density at radius 3 is 2.81 bits per heavy atom. The summed E-state index contributed by atoms with van der Waals surface area (Å²) in [5, 5.41) is 8.02. The highest BCUT2D eigenvalue weighted by atomic mass is 16.5. The quantitative estimate of drug-likeness (QED) is 0.774. The zero-order valence-corrected chi connectivity index (χ0v) is 11.8. The zero-order valence-electron chi connectivity index (χ0n) is 11.8. The number of primary amides is 1. The molecule has 0 aliphatic heterocycles. The van der Waals surface area contributed by atoms with Gasteiger partial charge in [0.25, 0.3) is 5.91 Å². The molecule has 1 aromatic heterocycles. The lowest BCUT2D eigenvalue weighted by Crippen LogP contribution is -2.12. The molecule has 0 saturated heterocycles. The van der Waals surface area contributed by atoms with Crippen molar-refractivity contribution in [3.63, 3.8) is 0 Å². The SMILES string of the molecule is COc1cc(-c2cc3cn[nH]c3cc2C)ccc1C(N)=O. The van der Waals surface area contributed by atoms with Crippen molar-refractivity contribution >= 4 is 16.8 Å². The minimum atomic E-state index is -0.500. The second-order valence-corrected chi connectivity index (χ2v) is 4.90. The lowest BCUT2D eigenvalue weighted by atomic mass is 9.97. The maximum atomic E-state index is 11.4. The minimum Gasteiger partial charge on any atom is -0.496 e. The third-order valence-corrected chi connectivity index (χ3v) is 3.56. The van der Waals surface area contributed by atoms with Gasteiger partial charge in [-0.05, 0) is 47.9 Å². The lowest BCUT2D eigenvalue weighted by Gasteiger charge is -2.11. The largest absolute Gasteiger partial charge is 0.496 e. The molecule has 106 valence electrons. The Morgan fingerprint density at radius 1 is 1.29 bits per heavy atom. The van der Waals surface area contributed by atoms with Crippen LogP contribution in [0, 0.1) is 6.92 Å². The fraction of sp³-hybridized carbons (Fsp3) is 0.125. The normalized spacial score (nSPS) is 10.8. The van der Waals surface area contributed by atoms with Gasteiger partial charge in [0.15, 0.2) is 0 Å². The molecule has 3 rings (SSSR count). The first-order valence-corrected chi connectivity index (χ1v) is 6.52. The average Bonchev–Trinajstić information content (AvgIpc) is 2.92. The molecule has 0 radical (unpaired) electrons. The van der Waals surface area contributed by atoms with Gasteiger partial charge in [-0.1, -0.05) is 6.07 Å². The van der Waals surface area contributed by atoms with Crippen molar-refractivity contribution in [1.82, 2.24) is 10.2 Å². The van der Waals surface area contributed by atoms with Crippen LogP contribution in [0.2, 0.25) is 0 Å². The highest BCUT2D eigenvalue weighted by Crippen LogP contribution is 2.31. The summed E-state index contributed by atoms with van der Waals surface area (Å²) in [6, 6.07) is 9.50. The number of aryl methyl sites for hydroxylation is 1. The number of carbonyl (C=O) groups excluding carboxylic acids is 1. The van der Waals surface area contributed by atoms with Gasteiger partial charge >= 0.3 is 0 Å². The number of carbonyl (C=O) groups is 1. The van der Waals surface area contributed by atoms with Gasteiger partial charge in [-0.2, -0.15) is 5.10 Å². The monoisotopic (exact) mass is 281 g/mol. The van der Waals surface area contributed by atoms with Crippen LogP contribution in [0.1, 0.15) is 15.9 Å². The standard InChI is InChI=1S/C16H15N3O2/c1-9-5-14-11(8-18-19-14)6-13(9)10-3-4-12(16(17)20)15(7-10)21-2/h3-8H,1-2H3,(H2,17,20)(H,18,19). The molecule has 5 nitrogen and oxygen atoms in total. The number of nitrogens with one attached hydrogen (secondary N) is 1. The molecule has 0 aliphatic rings. The van der Waals surface area contributed by atoms with Crippen LogP contribution in [0.25, 0.3) is 22.0 Å². The summed E-state index contributed by atoms with van der Waals surface area (Å²) in [6.07, 6.45) is 1.79. The molecular weight excluding hydrogens is 266 g/mol. The number of hydrogen-bond donors (Lipinski definition) is 2.